The van der Waals surface area contributed by atoms with E-state index in [1.54, 1.807) is 6.07 Å². The van der Waals surface area contributed by atoms with Crippen LogP contribution >= 0.6 is 0 Å². The lowest BCUT2D eigenvalue weighted by Gasteiger charge is -2.19. The molecule has 1 aliphatic rings. The predicted molar refractivity (Wildman–Crippen MR) is 91.4 cm³/mol. The van der Waals surface area contributed by atoms with E-state index < -0.39 is 0 Å². The van der Waals surface area contributed by atoms with E-state index in [1.807, 2.05) is 36.0 Å². The topological polar surface area (TPSA) is 51.4 Å². The Balaban J connectivity index is 1.67. The second-order valence-electron chi connectivity index (χ2n) is 5.93. The molecule has 0 unspecified atom stereocenters. The van der Waals surface area contributed by atoms with Gasteiger partial charge in [0, 0.05) is 30.8 Å². The zero-order chi connectivity index (χ0) is 16.9. The minimum atomic E-state index is -0.297. The van der Waals surface area contributed by atoms with E-state index in [4.69, 9.17) is 9.47 Å². The molecule has 0 bridgehead atoms. The summed E-state index contributed by atoms with van der Waals surface area (Å²) in [5.74, 6) is 1.32. The van der Waals surface area contributed by atoms with Gasteiger partial charge in [-0.25, -0.2) is 0 Å². The Bertz CT molecular complexity index is 713. The van der Waals surface area contributed by atoms with Crippen molar-refractivity contribution in [2.45, 2.75) is 32.7 Å². The molecule has 1 aliphatic heterocycles. The van der Waals surface area contributed by atoms with Gasteiger partial charge < -0.3 is 14.8 Å². The van der Waals surface area contributed by atoms with Crippen LogP contribution < -0.4 is 19.4 Å². The van der Waals surface area contributed by atoms with Crippen molar-refractivity contribution in [3.63, 3.8) is 0 Å². The van der Waals surface area contributed by atoms with Crippen molar-refractivity contribution in [1.29, 1.82) is 0 Å². The minimum absolute atomic E-state index is 0.0695. The van der Waals surface area contributed by atoms with Gasteiger partial charge in [-0.3, -0.25) is 4.79 Å². The molecule has 126 valence electrons. The molecule has 1 atom stereocenters. The zero-order valence-electron chi connectivity index (χ0n) is 14.1. The Morgan fingerprint density at radius 2 is 1.88 bits per heavy atom. The molecule has 2 heterocycles. The molecule has 0 spiro atoms. The first-order chi connectivity index (χ1) is 11.7. The van der Waals surface area contributed by atoms with Gasteiger partial charge >= 0.3 is 0 Å². The van der Waals surface area contributed by atoms with Gasteiger partial charge in [0.25, 0.3) is 5.91 Å². The molecule has 1 aromatic carbocycles. The number of carbonyl (C=O) groups is 1. The molecule has 5 nitrogen and oxygen atoms in total. The fraction of sp³-hybridized carbons (Fsp3) is 0.368. The summed E-state index contributed by atoms with van der Waals surface area (Å²) in [7, 11) is 0. The summed E-state index contributed by atoms with van der Waals surface area (Å²) in [5.41, 5.74) is 1.99. The third-order valence-electron chi connectivity index (χ3n) is 4.10. The lowest BCUT2D eigenvalue weighted by atomic mass is 10.1. The number of fused-ring (bicyclic) bond motifs is 1. The Labute approximate surface area is 142 Å². The van der Waals surface area contributed by atoms with Gasteiger partial charge in [0.2, 0.25) is 6.04 Å². The first kappa shape index (κ1) is 16.3. The van der Waals surface area contributed by atoms with E-state index >= 15 is 0 Å². The summed E-state index contributed by atoms with van der Waals surface area (Å²) >= 11 is 0. The van der Waals surface area contributed by atoms with Gasteiger partial charge in [-0.15, -0.1) is 0 Å². The van der Waals surface area contributed by atoms with Gasteiger partial charge in [-0.2, -0.15) is 4.57 Å². The van der Waals surface area contributed by atoms with Crippen LogP contribution in [0, 0.1) is 0 Å². The number of ether oxygens (including phenoxy) is 2. The number of aryl methyl sites for hydroxylation is 1. The van der Waals surface area contributed by atoms with Crippen LogP contribution in [0.2, 0.25) is 0 Å². The highest BCUT2D eigenvalue weighted by molar-refractivity contribution is 5.92. The number of aromatic nitrogens is 1. The van der Waals surface area contributed by atoms with E-state index in [0.717, 1.165) is 12.8 Å². The van der Waals surface area contributed by atoms with Gasteiger partial charge in [-0.1, -0.05) is 13.3 Å². The number of anilines is 1. The second kappa shape index (κ2) is 7.34. The van der Waals surface area contributed by atoms with Gasteiger partial charge in [0.15, 0.2) is 23.9 Å². The number of carbonyl (C=O) groups excluding carboxylic acids is 1. The van der Waals surface area contributed by atoms with Crippen molar-refractivity contribution >= 4 is 11.6 Å². The number of nitrogens with one attached hydrogen (secondary N) is 1. The molecule has 1 N–H and O–H groups in total. The summed E-state index contributed by atoms with van der Waals surface area (Å²) in [4.78, 5) is 12.5. The third kappa shape index (κ3) is 3.67. The van der Waals surface area contributed by atoms with Crippen LogP contribution in [0.3, 0.4) is 0 Å². The highest BCUT2D eigenvalue weighted by atomic mass is 16.6. The summed E-state index contributed by atoms with van der Waals surface area (Å²) in [6.45, 7) is 5.12. The van der Waals surface area contributed by atoms with Crippen molar-refractivity contribution in [1.82, 2.24) is 0 Å². The smallest absolute Gasteiger partial charge is 0.293 e. The molecule has 1 aromatic heterocycles. The van der Waals surface area contributed by atoms with Crippen LogP contribution in [0.1, 0.15) is 31.9 Å². The molecule has 0 saturated heterocycles. The maximum Gasteiger partial charge on any atom is 0.293 e. The Morgan fingerprint density at radius 3 is 2.58 bits per heavy atom. The largest absolute Gasteiger partial charge is 0.486 e. The highest BCUT2D eigenvalue weighted by Crippen LogP contribution is 2.32. The number of pyridine rings is 1. The summed E-state index contributed by atoms with van der Waals surface area (Å²) in [6.07, 6.45) is 6.08. The molecule has 1 amide bonds. The SMILES string of the molecule is CCCc1cc[n+]([C@H](C)C(=O)Nc2ccc3c(c2)OCCO3)cc1. The van der Waals surface area contributed by atoms with Crippen LogP contribution in [0.25, 0.3) is 0 Å². The molecule has 0 aliphatic carbocycles. The molecule has 3 rings (SSSR count). The number of hydrogen-bond donors (Lipinski definition) is 1. The van der Waals surface area contributed by atoms with Crippen molar-refractivity contribution in [3.05, 3.63) is 48.3 Å². The monoisotopic (exact) mass is 327 g/mol. The maximum atomic E-state index is 12.5. The van der Waals surface area contributed by atoms with E-state index in [-0.39, 0.29) is 11.9 Å². The highest BCUT2D eigenvalue weighted by Gasteiger charge is 2.22. The average molecular weight is 327 g/mol. The minimum Gasteiger partial charge on any atom is -0.486 e. The molecule has 0 saturated carbocycles. The lowest BCUT2D eigenvalue weighted by Crippen LogP contribution is -2.44. The molecule has 0 fully saturated rings. The van der Waals surface area contributed by atoms with Crippen LogP contribution in [-0.4, -0.2) is 19.1 Å². The molecule has 24 heavy (non-hydrogen) atoms. The van der Waals surface area contributed by atoms with Crippen LogP contribution in [0.5, 0.6) is 11.5 Å². The molecule has 2 aromatic rings. The van der Waals surface area contributed by atoms with Crippen molar-refractivity contribution < 1.29 is 18.8 Å². The second-order valence-corrected chi connectivity index (χ2v) is 5.93. The third-order valence-corrected chi connectivity index (χ3v) is 4.10. The number of amides is 1. The quantitative estimate of drug-likeness (QED) is 0.859. The van der Waals surface area contributed by atoms with Gasteiger partial charge in [0.1, 0.15) is 13.2 Å². The zero-order valence-corrected chi connectivity index (χ0v) is 14.1. The standard InChI is InChI=1S/C19H22N2O3/c1-3-4-15-7-9-21(10-8-15)14(2)19(22)20-16-5-6-17-18(13-16)24-12-11-23-17/h5-10,13-14H,3-4,11-12H2,1-2H3/p+1/t14-/m1/s1. The van der Waals surface area contributed by atoms with E-state index in [0.29, 0.717) is 30.4 Å². The molecular weight excluding hydrogens is 304 g/mol. The van der Waals surface area contributed by atoms with E-state index in [2.05, 4.69) is 24.4 Å². The number of rotatable bonds is 5. The first-order valence-electron chi connectivity index (χ1n) is 8.37. The summed E-state index contributed by atoms with van der Waals surface area (Å²) < 4.78 is 12.9. The normalized spacial score (nSPS) is 14.1. The fourth-order valence-electron chi connectivity index (χ4n) is 2.69. The Kier molecular flexibility index (Phi) is 4.99. The van der Waals surface area contributed by atoms with Crippen molar-refractivity contribution in [3.8, 4) is 11.5 Å². The summed E-state index contributed by atoms with van der Waals surface area (Å²) in [5, 5.41) is 2.93. The fourth-order valence-corrected chi connectivity index (χ4v) is 2.69. The number of hydrogen-bond acceptors (Lipinski definition) is 3. The Hall–Kier alpha value is -2.56. The van der Waals surface area contributed by atoms with Crippen LogP contribution in [-0.2, 0) is 11.2 Å². The lowest BCUT2D eigenvalue weighted by molar-refractivity contribution is -0.705. The predicted octanol–water partition coefficient (Wildman–Crippen LogP) is 2.90. The molecule has 5 heteroatoms. The van der Waals surface area contributed by atoms with Crippen LogP contribution in [0.15, 0.2) is 42.7 Å². The van der Waals surface area contributed by atoms with Crippen LogP contribution in [0.4, 0.5) is 5.69 Å². The van der Waals surface area contributed by atoms with Crippen molar-refractivity contribution in [2.24, 2.45) is 0 Å². The number of benzene rings is 1. The molecule has 0 radical (unpaired) electrons. The first-order valence-corrected chi connectivity index (χ1v) is 8.37. The maximum absolute atomic E-state index is 12.5. The van der Waals surface area contributed by atoms with Gasteiger partial charge in [0.05, 0.1) is 0 Å². The van der Waals surface area contributed by atoms with E-state index in [1.165, 1.54) is 5.56 Å². The van der Waals surface area contributed by atoms with E-state index in [9.17, 15) is 4.79 Å². The Morgan fingerprint density at radius 1 is 1.17 bits per heavy atom. The summed E-state index contributed by atoms with van der Waals surface area (Å²) in [6, 6.07) is 9.28. The average Bonchev–Trinajstić information content (AvgIpc) is 2.62. The van der Waals surface area contributed by atoms with Crippen molar-refractivity contribution in [2.75, 3.05) is 18.5 Å². The number of nitrogens with zero attached hydrogens (tertiary/aromatic N) is 1. The van der Waals surface area contributed by atoms with Gasteiger partial charge in [-0.05, 0) is 24.1 Å². The molecular formula is C19H23N2O3+.